The van der Waals surface area contributed by atoms with E-state index in [2.05, 4.69) is 0 Å². The van der Waals surface area contributed by atoms with E-state index in [0.29, 0.717) is 14.8 Å². The van der Waals surface area contributed by atoms with Crippen LogP contribution in [-0.4, -0.2) is 28.1 Å². The predicted octanol–water partition coefficient (Wildman–Crippen LogP) is 3.87. The maximum atomic E-state index is 12.1. The van der Waals surface area contributed by atoms with Gasteiger partial charge >= 0.3 is 5.97 Å². The van der Waals surface area contributed by atoms with E-state index < -0.39 is 0 Å². The lowest BCUT2D eigenvalue weighted by Crippen LogP contribution is -2.22. The maximum Gasteiger partial charge on any atom is 0.338 e. The summed E-state index contributed by atoms with van der Waals surface area (Å²) in [4.78, 5) is 26.1. The van der Waals surface area contributed by atoms with Crippen molar-refractivity contribution in [1.82, 2.24) is 4.90 Å². The molecule has 2 aromatic rings. The van der Waals surface area contributed by atoms with Crippen LogP contribution in [0.3, 0.4) is 0 Å². The summed E-state index contributed by atoms with van der Waals surface area (Å²) in [5.41, 5.74) is 2.23. The van der Waals surface area contributed by atoms with E-state index in [1.54, 1.807) is 37.4 Å². The van der Waals surface area contributed by atoms with E-state index in [1.165, 1.54) is 16.7 Å². The van der Waals surface area contributed by atoms with Gasteiger partial charge in [0.1, 0.15) is 10.9 Å². The van der Waals surface area contributed by atoms with Gasteiger partial charge in [-0.1, -0.05) is 66.4 Å². The van der Waals surface area contributed by atoms with Crippen LogP contribution in [0.4, 0.5) is 0 Å². The number of rotatable bonds is 4. The standard InChI is InChI=1S/C19H15NO3S2/c1-20-17(21)16(25-19(20)24)11-13-7-9-15(10-8-13)18(22)23-12-14-5-3-2-4-6-14/h2-11H,12H2,1H3/b16-11+. The van der Waals surface area contributed by atoms with E-state index in [9.17, 15) is 9.59 Å². The number of benzene rings is 2. The van der Waals surface area contributed by atoms with Crippen LogP contribution in [-0.2, 0) is 16.1 Å². The summed E-state index contributed by atoms with van der Waals surface area (Å²) < 4.78 is 5.84. The summed E-state index contributed by atoms with van der Waals surface area (Å²) in [6.07, 6.45) is 1.77. The summed E-state index contributed by atoms with van der Waals surface area (Å²) in [5.74, 6) is -0.489. The largest absolute Gasteiger partial charge is 0.457 e. The van der Waals surface area contributed by atoms with E-state index in [4.69, 9.17) is 17.0 Å². The molecule has 0 aromatic heterocycles. The smallest absolute Gasteiger partial charge is 0.338 e. The van der Waals surface area contributed by atoms with E-state index >= 15 is 0 Å². The Morgan fingerprint density at radius 2 is 1.84 bits per heavy atom. The number of hydrogen-bond donors (Lipinski definition) is 0. The Balaban J connectivity index is 1.65. The number of ether oxygens (including phenoxy) is 1. The Kier molecular flexibility index (Phi) is 5.31. The number of thioether (sulfide) groups is 1. The molecule has 0 N–H and O–H groups in total. The lowest BCUT2D eigenvalue weighted by molar-refractivity contribution is -0.121. The summed E-state index contributed by atoms with van der Waals surface area (Å²) >= 11 is 6.37. The number of amides is 1. The third kappa shape index (κ3) is 4.15. The normalized spacial score (nSPS) is 15.7. The van der Waals surface area contributed by atoms with Crippen LogP contribution in [0.5, 0.6) is 0 Å². The highest BCUT2D eigenvalue weighted by Gasteiger charge is 2.28. The molecule has 0 unspecified atom stereocenters. The number of hydrogen-bond acceptors (Lipinski definition) is 5. The molecule has 0 radical (unpaired) electrons. The molecular weight excluding hydrogens is 354 g/mol. The predicted molar refractivity (Wildman–Crippen MR) is 103 cm³/mol. The zero-order chi connectivity index (χ0) is 17.8. The van der Waals surface area contributed by atoms with Crippen LogP contribution >= 0.6 is 24.0 Å². The van der Waals surface area contributed by atoms with Crippen molar-refractivity contribution in [2.24, 2.45) is 0 Å². The number of carbonyl (C=O) groups excluding carboxylic acids is 2. The Morgan fingerprint density at radius 1 is 1.16 bits per heavy atom. The molecule has 1 heterocycles. The van der Waals surface area contributed by atoms with E-state index in [0.717, 1.165) is 11.1 Å². The molecule has 126 valence electrons. The topological polar surface area (TPSA) is 46.6 Å². The third-order valence-corrected chi connectivity index (χ3v) is 5.13. The molecule has 2 aromatic carbocycles. The van der Waals surface area contributed by atoms with Gasteiger partial charge in [0.2, 0.25) is 0 Å². The van der Waals surface area contributed by atoms with Crippen LogP contribution < -0.4 is 0 Å². The molecule has 0 spiro atoms. The molecule has 0 bridgehead atoms. The molecule has 6 heteroatoms. The summed E-state index contributed by atoms with van der Waals surface area (Å²) in [6, 6.07) is 16.4. The fourth-order valence-electron chi connectivity index (χ4n) is 2.22. The molecule has 1 aliphatic rings. The van der Waals surface area contributed by atoms with Crippen molar-refractivity contribution in [3.8, 4) is 0 Å². The Labute approximate surface area is 155 Å². The SMILES string of the molecule is CN1C(=O)/C(=C\c2ccc(C(=O)OCc3ccccc3)cc2)SC1=S. The van der Waals surface area contributed by atoms with Crippen molar-refractivity contribution in [3.05, 3.63) is 76.2 Å². The van der Waals surface area contributed by atoms with Crippen molar-refractivity contribution < 1.29 is 14.3 Å². The lowest BCUT2D eigenvalue weighted by atomic mass is 10.1. The van der Waals surface area contributed by atoms with Crippen molar-refractivity contribution in [3.63, 3.8) is 0 Å². The molecule has 1 saturated heterocycles. The Bertz CT molecular complexity index is 845. The second-order valence-corrected chi connectivity index (χ2v) is 7.10. The molecule has 3 rings (SSSR count). The maximum absolute atomic E-state index is 12.1. The van der Waals surface area contributed by atoms with Crippen molar-refractivity contribution in [1.29, 1.82) is 0 Å². The fraction of sp³-hybridized carbons (Fsp3) is 0.105. The fourth-order valence-corrected chi connectivity index (χ4v) is 3.40. The first-order valence-electron chi connectivity index (χ1n) is 7.57. The molecular formula is C19H15NO3S2. The molecule has 0 aliphatic carbocycles. The number of esters is 1. The van der Waals surface area contributed by atoms with Gasteiger partial charge in [-0.2, -0.15) is 0 Å². The van der Waals surface area contributed by atoms with Crippen LogP contribution in [0.25, 0.3) is 6.08 Å². The monoisotopic (exact) mass is 369 g/mol. The van der Waals surface area contributed by atoms with Crippen LogP contribution in [0, 0.1) is 0 Å². The second-order valence-electron chi connectivity index (χ2n) is 5.42. The van der Waals surface area contributed by atoms with Gasteiger partial charge in [-0.3, -0.25) is 9.69 Å². The zero-order valence-electron chi connectivity index (χ0n) is 13.5. The van der Waals surface area contributed by atoms with Gasteiger partial charge in [-0.15, -0.1) is 0 Å². The number of carbonyl (C=O) groups is 2. The van der Waals surface area contributed by atoms with Crippen LogP contribution in [0.15, 0.2) is 59.5 Å². The molecule has 0 saturated carbocycles. The van der Waals surface area contributed by atoms with Gasteiger partial charge in [0.05, 0.1) is 10.5 Å². The second kappa shape index (κ2) is 7.63. The van der Waals surface area contributed by atoms with Crippen molar-refractivity contribution >= 4 is 46.3 Å². The first-order chi connectivity index (χ1) is 12.0. The number of nitrogens with zero attached hydrogens (tertiary/aromatic N) is 1. The third-order valence-electron chi connectivity index (χ3n) is 3.64. The minimum absolute atomic E-state index is 0.110. The molecule has 1 fully saturated rings. The summed E-state index contributed by atoms with van der Waals surface area (Å²) in [7, 11) is 1.66. The lowest BCUT2D eigenvalue weighted by Gasteiger charge is -2.05. The molecule has 1 aliphatic heterocycles. The van der Waals surface area contributed by atoms with Gasteiger partial charge in [0.25, 0.3) is 5.91 Å². The van der Waals surface area contributed by atoms with Crippen molar-refractivity contribution in [2.45, 2.75) is 6.61 Å². The molecule has 4 nitrogen and oxygen atoms in total. The minimum Gasteiger partial charge on any atom is -0.457 e. The summed E-state index contributed by atoms with van der Waals surface area (Å²) in [5, 5.41) is 0. The van der Waals surface area contributed by atoms with Gasteiger partial charge in [-0.05, 0) is 29.3 Å². The Morgan fingerprint density at radius 3 is 2.44 bits per heavy atom. The minimum atomic E-state index is -0.379. The average Bonchev–Trinajstić information content (AvgIpc) is 2.88. The quantitative estimate of drug-likeness (QED) is 0.465. The van der Waals surface area contributed by atoms with Gasteiger partial charge in [0, 0.05) is 7.05 Å². The molecule has 25 heavy (non-hydrogen) atoms. The number of thiocarbonyl (C=S) groups is 1. The highest BCUT2D eigenvalue weighted by Crippen LogP contribution is 2.31. The first kappa shape index (κ1) is 17.4. The Hall–Kier alpha value is -2.44. The van der Waals surface area contributed by atoms with Gasteiger partial charge in [0.15, 0.2) is 0 Å². The highest BCUT2D eigenvalue weighted by atomic mass is 32.2. The molecule has 1 amide bonds. The highest BCUT2D eigenvalue weighted by molar-refractivity contribution is 8.26. The number of likely N-dealkylation sites (N-methyl/N-ethyl adjacent to an activating group) is 1. The van der Waals surface area contributed by atoms with E-state index in [-0.39, 0.29) is 18.5 Å². The first-order valence-corrected chi connectivity index (χ1v) is 8.80. The molecule has 0 atom stereocenters. The van der Waals surface area contributed by atoms with Crippen LogP contribution in [0.2, 0.25) is 0 Å². The van der Waals surface area contributed by atoms with Crippen molar-refractivity contribution in [2.75, 3.05) is 7.05 Å². The van der Waals surface area contributed by atoms with Crippen LogP contribution in [0.1, 0.15) is 21.5 Å². The average molecular weight is 369 g/mol. The zero-order valence-corrected chi connectivity index (χ0v) is 15.1. The van der Waals surface area contributed by atoms with E-state index in [1.807, 2.05) is 30.3 Å². The van der Waals surface area contributed by atoms with Gasteiger partial charge in [-0.25, -0.2) is 4.79 Å². The van der Waals surface area contributed by atoms with Gasteiger partial charge < -0.3 is 4.74 Å². The summed E-state index contributed by atoms with van der Waals surface area (Å²) in [6.45, 7) is 0.237.